The number of carboxylic acid groups (broad SMARTS) is 1. The molecule has 0 bridgehead atoms. The fourth-order valence-electron chi connectivity index (χ4n) is 0.364. The minimum atomic E-state index is -1.67. The SMILES string of the molecule is CN(C)C/C=C/C(=O)O.Cl.O=S(Cl)Cl. The highest BCUT2D eigenvalue weighted by Gasteiger charge is 1.85. The van der Waals surface area contributed by atoms with Gasteiger partial charge in [-0.25, -0.2) is 9.00 Å². The first-order valence-corrected chi connectivity index (χ1v) is 5.95. The fraction of sp³-hybridized carbons (Fsp3) is 0.500. The first-order valence-electron chi connectivity index (χ1n) is 3.14. The van der Waals surface area contributed by atoms with Gasteiger partial charge in [0, 0.05) is 34.0 Å². The molecule has 8 heteroatoms. The summed E-state index contributed by atoms with van der Waals surface area (Å²) in [7, 11) is 11.1. The molecule has 1 N–H and O–H groups in total. The monoisotopic (exact) mass is 283 g/mol. The van der Waals surface area contributed by atoms with Crippen molar-refractivity contribution in [1.82, 2.24) is 4.90 Å². The Balaban J connectivity index is -0.000000209. The maximum atomic E-state index is 9.88. The van der Waals surface area contributed by atoms with Crippen LogP contribution < -0.4 is 0 Å². The Bertz CT molecular complexity index is 195. The van der Waals surface area contributed by atoms with Crippen LogP contribution in [0.25, 0.3) is 0 Å². The zero-order valence-corrected chi connectivity index (χ0v) is 10.8. The summed E-state index contributed by atoms with van der Waals surface area (Å²) in [5.74, 6) is -0.892. The van der Waals surface area contributed by atoms with E-state index in [9.17, 15) is 4.79 Å². The molecule has 0 atom stereocenters. The predicted octanol–water partition coefficient (Wildman–Crippen LogP) is 1.65. The Morgan fingerprint density at radius 1 is 1.50 bits per heavy atom. The summed E-state index contributed by atoms with van der Waals surface area (Å²) in [5.41, 5.74) is 0. The Labute approximate surface area is 101 Å². The molecule has 0 unspecified atom stereocenters. The van der Waals surface area contributed by atoms with Gasteiger partial charge < -0.3 is 10.0 Å². The number of carbonyl (C=O) groups is 1. The van der Waals surface area contributed by atoms with Gasteiger partial charge in [0.15, 0.2) is 0 Å². The average Bonchev–Trinajstić information content (AvgIpc) is 1.83. The standard InChI is InChI=1S/C6H11NO2.Cl2OS.ClH/c1-7(2)5-3-4-6(8)9;1-4(2)3;/h3-4H,5H2,1-2H3,(H,8,9);;1H/b4-3+;;. The number of halogens is 3. The van der Waals surface area contributed by atoms with Gasteiger partial charge >= 0.3 is 5.97 Å². The summed E-state index contributed by atoms with van der Waals surface area (Å²) < 4.78 is 9.09. The molecule has 0 rings (SSSR count). The molecule has 0 saturated carbocycles. The largest absolute Gasteiger partial charge is 0.478 e. The van der Waals surface area contributed by atoms with Crippen LogP contribution in [-0.2, 0) is 14.0 Å². The van der Waals surface area contributed by atoms with Crippen molar-refractivity contribution in [2.24, 2.45) is 0 Å². The molecule has 0 radical (unpaired) electrons. The van der Waals surface area contributed by atoms with E-state index in [0.717, 1.165) is 6.08 Å². The molecule has 0 amide bonds. The maximum absolute atomic E-state index is 9.88. The van der Waals surface area contributed by atoms with Gasteiger partial charge in [0.25, 0.3) is 0 Å². The lowest BCUT2D eigenvalue weighted by Gasteiger charge is -2.02. The topological polar surface area (TPSA) is 57.6 Å². The summed E-state index contributed by atoms with van der Waals surface area (Å²) in [5, 5.41) is 8.12. The predicted molar refractivity (Wildman–Crippen MR) is 62.4 cm³/mol. The summed E-state index contributed by atoms with van der Waals surface area (Å²) in [6, 6.07) is 0. The highest BCUT2D eigenvalue weighted by molar-refractivity contribution is 8.26. The van der Waals surface area contributed by atoms with Crippen molar-refractivity contribution in [3.05, 3.63) is 12.2 Å². The summed E-state index contributed by atoms with van der Waals surface area (Å²) in [6.45, 7) is 0.673. The van der Waals surface area contributed by atoms with E-state index < -0.39 is 15.2 Å². The number of likely N-dealkylation sites (N-methyl/N-ethyl adjacent to an activating group) is 1. The quantitative estimate of drug-likeness (QED) is 0.632. The van der Waals surface area contributed by atoms with E-state index in [-0.39, 0.29) is 12.4 Å². The second-order valence-electron chi connectivity index (χ2n) is 2.19. The molecule has 0 aliphatic carbocycles. The Morgan fingerprint density at radius 2 is 1.86 bits per heavy atom. The Hall–Kier alpha value is 0.190. The minimum absolute atomic E-state index is 0. The molecular formula is C6H12Cl3NO3S. The molecule has 86 valence electrons. The van der Waals surface area contributed by atoms with Gasteiger partial charge in [-0.05, 0) is 14.1 Å². The molecular weight excluding hydrogens is 272 g/mol. The highest BCUT2D eigenvalue weighted by atomic mass is 36.0. The van der Waals surface area contributed by atoms with E-state index in [0.29, 0.717) is 6.54 Å². The van der Waals surface area contributed by atoms with Crippen LogP contribution in [-0.4, -0.2) is 40.8 Å². The first kappa shape index (κ1) is 19.7. The van der Waals surface area contributed by atoms with Gasteiger partial charge in [0.2, 0.25) is 9.23 Å². The number of rotatable bonds is 3. The maximum Gasteiger partial charge on any atom is 0.328 e. The molecule has 0 fully saturated rings. The van der Waals surface area contributed by atoms with Crippen LogP contribution in [0.4, 0.5) is 0 Å². The van der Waals surface area contributed by atoms with Crippen molar-refractivity contribution in [1.29, 1.82) is 0 Å². The molecule has 0 saturated heterocycles. The van der Waals surface area contributed by atoms with Gasteiger partial charge in [-0.2, -0.15) is 0 Å². The number of aliphatic carboxylic acids is 1. The van der Waals surface area contributed by atoms with Crippen molar-refractivity contribution in [2.75, 3.05) is 20.6 Å². The number of carboxylic acids is 1. The van der Waals surface area contributed by atoms with Crippen LogP contribution in [0.2, 0.25) is 0 Å². The first-order chi connectivity index (χ1) is 5.86. The molecule has 0 heterocycles. The van der Waals surface area contributed by atoms with Crippen LogP contribution >= 0.6 is 33.8 Å². The fourth-order valence-corrected chi connectivity index (χ4v) is 0.364. The second kappa shape index (κ2) is 13.2. The zero-order valence-electron chi connectivity index (χ0n) is 7.65. The van der Waals surface area contributed by atoms with Crippen molar-refractivity contribution < 1.29 is 14.1 Å². The van der Waals surface area contributed by atoms with Gasteiger partial charge in [-0.3, -0.25) is 0 Å². The van der Waals surface area contributed by atoms with E-state index in [2.05, 4.69) is 21.4 Å². The van der Waals surface area contributed by atoms with E-state index in [1.807, 2.05) is 19.0 Å². The molecule has 0 aromatic carbocycles. The third-order valence-electron chi connectivity index (χ3n) is 0.731. The highest BCUT2D eigenvalue weighted by Crippen LogP contribution is 1.89. The lowest BCUT2D eigenvalue weighted by molar-refractivity contribution is -0.131. The average molecular weight is 285 g/mol. The van der Waals surface area contributed by atoms with Crippen LogP contribution in [0.3, 0.4) is 0 Å². The van der Waals surface area contributed by atoms with Crippen molar-refractivity contribution in [2.45, 2.75) is 0 Å². The molecule has 0 spiro atoms. The third kappa shape index (κ3) is 39.8. The van der Waals surface area contributed by atoms with Gasteiger partial charge in [-0.1, -0.05) is 6.08 Å². The summed E-state index contributed by atoms with van der Waals surface area (Å²) in [4.78, 5) is 11.8. The minimum Gasteiger partial charge on any atom is -0.478 e. The normalized spacial score (nSPS) is 9.57. The van der Waals surface area contributed by atoms with Crippen LogP contribution in [0, 0.1) is 0 Å². The number of hydrogen-bond donors (Lipinski definition) is 1. The van der Waals surface area contributed by atoms with E-state index in [1.54, 1.807) is 6.08 Å². The van der Waals surface area contributed by atoms with Gasteiger partial charge in [-0.15, -0.1) is 12.4 Å². The lowest BCUT2D eigenvalue weighted by Crippen LogP contribution is -2.10. The molecule has 0 aliphatic rings. The zero-order chi connectivity index (χ0) is 10.9. The van der Waals surface area contributed by atoms with Gasteiger partial charge in [0.1, 0.15) is 0 Å². The van der Waals surface area contributed by atoms with Crippen LogP contribution in [0.15, 0.2) is 12.2 Å². The molecule has 0 aromatic heterocycles. The Morgan fingerprint density at radius 3 is 2.07 bits per heavy atom. The van der Waals surface area contributed by atoms with Crippen molar-refractivity contribution in [3.8, 4) is 0 Å². The summed E-state index contributed by atoms with van der Waals surface area (Å²) in [6.07, 6.45) is 2.74. The summed E-state index contributed by atoms with van der Waals surface area (Å²) >= 11 is 0. The molecule has 0 aliphatic heterocycles. The number of nitrogens with zero attached hydrogens (tertiary/aromatic N) is 1. The third-order valence-corrected chi connectivity index (χ3v) is 0.731. The second-order valence-corrected chi connectivity index (χ2v) is 4.71. The van der Waals surface area contributed by atoms with Crippen LogP contribution in [0.5, 0.6) is 0 Å². The van der Waals surface area contributed by atoms with E-state index in [4.69, 9.17) is 9.32 Å². The Kier molecular flexibility index (Phi) is 18.6. The molecule has 4 nitrogen and oxygen atoms in total. The van der Waals surface area contributed by atoms with Crippen molar-refractivity contribution in [3.63, 3.8) is 0 Å². The molecule has 0 aromatic rings. The van der Waals surface area contributed by atoms with E-state index >= 15 is 0 Å². The van der Waals surface area contributed by atoms with E-state index in [1.165, 1.54) is 0 Å². The molecule has 14 heavy (non-hydrogen) atoms. The van der Waals surface area contributed by atoms with Crippen molar-refractivity contribution >= 4 is 49.0 Å². The van der Waals surface area contributed by atoms with Crippen LogP contribution in [0.1, 0.15) is 0 Å². The smallest absolute Gasteiger partial charge is 0.328 e. The van der Waals surface area contributed by atoms with Gasteiger partial charge in [0.05, 0.1) is 0 Å². The lowest BCUT2D eigenvalue weighted by atomic mass is 10.5. The number of hydrogen-bond acceptors (Lipinski definition) is 3.